The molecule has 34 heavy (non-hydrogen) atoms. The number of hydrogen-bond acceptors (Lipinski definition) is 7. The first-order valence-electron chi connectivity index (χ1n) is 10.3. The standard InChI is InChI=1S/C23H21F2N7OS/c1-2-9-34-32-17-8-7-16(24)18(19(17)25)21(33)20-15-10-14(11-28-23(15)31-30-20)12-3-5-13(6-4-12)22(26)29-27/h3-8,10-11,32H,2,9,27H2,1H3,(H2,26,29)(H,28,30,31). The number of H-pyrrole nitrogens is 1. The van der Waals surface area contributed by atoms with Gasteiger partial charge in [0.25, 0.3) is 0 Å². The summed E-state index contributed by atoms with van der Waals surface area (Å²) in [5, 5.41) is 10.4. The lowest BCUT2D eigenvalue weighted by atomic mass is 10.0. The number of aromatic nitrogens is 3. The van der Waals surface area contributed by atoms with E-state index in [1.54, 1.807) is 36.5 Å². The fourth-order valence-corrected chi connectivity index (χ4v) is 3.95. The average molecular weight is 482 g/mol. The number of nitrogens with two attached hydrogens (primary N) is 2. The quantitative estimate of drug-likeness (QED) is 0.0564. The molecule has 0 aliphatic rings. The van der Waals surface area contributed by atoms with E-state index in [2.05, 4.69) is 25.0 Å². The summed E-state index contributed by atoms with van der Waals surface area (Å²) in [4.78, 5) is 17.5. The minimum absolute atomic E-state index is 0.0335. The minimum atomic E-state index is -0.963. The van der Waals surface area contributed by atoms with Crippen LogP contribution in [-0.2, 0) is 0 Å². The van der Waals surface area contributed by atoms with Gasteiger partial charge >= 0.3 is 0 Å². The molecule has 0 saturated heterocycles. The Balaban J connectivity index is 1.72. The van der Waals surface area contributed by atoms with Crippen LogP contribution < -0.4 is 16.3 Å². The third-order valence-corrected chi connectivity index (χ3v) is 6.07. The molecule has 0 unspecified atom stereocenters. The molecule has 0 radical (unpaired) electrons. The second kappa shape index (κ2) is 9.87. The lowest BCUT2D eigenvalue weighted by Gasteiger charge is -2.10. The van der Waals surface area contributed by atoms with Gasteiger partial charge in [-0.15, -0.1) is 0 Å². The van der Waals surface area contributed by atoms with E-state index in [9.17, 15) is 9.18 Å². The van der Waals surface area contributed by atoms with E-state index in [0.717, 1.165) is 23.8 Å². The highest BCUT2D eigenvalue weighted by atomic mass is 32.2. The molecule has 174 valence electrons. The predicted molar refractivity (Wildman–Crippen MR) is 130 cm³/mol. The van der Waals surface area contributed by atoms with Crippen molar-refractivity contribution in [2.24, 2.45) is 16.7 Å². The summed E-state index contributed by atoms with van der Waals surface area (Å²) < 4.78 is 32.5. The third kappa shape index (κ3) is 4.42. The first kappa shape index (κ1) is 23.2. The molecule has 0 amide bonds. The van der Waals surface area contributed by atoms with Gasteiger partial charge in [-0.25, -0.2) is 13.8 Å². The lowest BCUT2D eigenvalue weighted by Crippen LogP contribution is -2.15. The van der Waals surface area contributed by atoms with E-state index in [-0.39, 0.29) is 22.9 Å². The van der Waals surface area contributed by atoms with Crippen molar-refractivity contribution < 1.29 is 13.6 Å². The number of fused-ring (bicyclic) bond motifs is 1. The van der Waals surface area contributed by atoms with Gasteiger partial charge in [-0.3, -0.25) is 9.89 Å². The zero-order chi connectivity index (χ0) is 24.2. The van der Waals surface area contributed by atoms with Gasteiger partial charge in [0.05, 0.1) is 16.6 Å². The summed E-state index contributed by atoms with van der Waals surface area (Å²) in [6.07, 6.45) is 2.46. The average Bonchev–Trinajstić information content (AvgIpc) is 3.28. The lowest BCUT2D eigenvalue weighted by molar-refractivity contribution is 0.102. The Labute approximate surface area is 198 Å². The van der Waals surface area contributed by atoms with E-state index in [1.165, 1.54) is 18.0 Å². The molecule has 6 N–H and O–H groups in total. The predicted octanol–water partition coefficient (Wildman–Crippen LogP) is 4.18. The van der Waals surface area contributed by atoms with Crippen LogP contribution in [0.5, 0.6) is 0 Å². The summed E-state index contributed by atoms with van der Waals surface area (Å²) in [5.41, 5.74) is 7.37. The Morgan fingerprint density at radius 3 is 2.65 bits per heavy atom. The summed E-state index contributed by atoms with van der Waals surface area (Å²) in [5.74, 6) is 3.35. The Hall–Kier alpha value is -3.99. The van der Waals surface area contributed by atoms with Crippen molar-refractivity contribution in [1.29, 1.82) is 0 Å². The van der Waals surface area contributed by atoms with Crippen LogP contribution in [0.15, 0.2) is 53.8 Å². The van der Waals surface area contributed by atoms with E-state index in [0.29, 0.717) is 16.5 Å². The Morgan fingerprint density at radius 1 is 1.18 bits per heavy atom. The topological polar surface area (TPSA) is 135 Å². The smallest absolute Gasteiger partial charge is 0.217 e. The van der Waals surface area contributed by atoms with E-state index in [4.69, 9.17) is 11.6 Å². The molecule has 2 aromatic carbocycles. The van der Waals surface area contributed by atoms with Crippen molar-refractivity contribution in [1.82, 2.24) is 15.2 Å². The Morgan fingerprint density at radius 2 is 1.94 bits per heavy atom. The number of hydrogen-bond donors (Lipinski definition) is 4. The number of aromatic amines is 1. The molecular formula is C23H21F2N7OS. The van der Waals surface area contributed by atoms with Gasteiger partial charge in [0.15, 0.2) is 11.5 Å². The molecule has 0 fully saturated rings. The van der Waals surface area contributed by atoms with Crippen LogP contribution >= 0.6 is 11.9 Å². The molecule has 0 bridgehead atoms. The van der Waals surface area contributed by atoms with Crippen LogP contribution in [0.4, 0.5) is 14.5 Å². The number of pyridine rings is 1. The number of nitrogens with zero attached hydrogens (tertiary/aromatic N) is 3. The van der Waals surface area contributed by atoms with Gasteiger partial charge in [-0.1, -0.05) is 43.1 Å². The maximum Gasteiger partial charge on any atom is 0.217 e. The number of benzene rings is 2. The number of ketones is 1. The van der Waals surface area contributed by atoms with Crippen molar-refractivity contribution in [3.05, 3.63) is 77.1 Å². The highest BCUT2D eigenvalue weighted by Gasteiger charge is 2.25. The van der Waals surface area contributed by atoms with E-state index >= 15 is 4.39 Å². The normalized spacial score (nSPS) is 11.7. The molecule has 11 heteroatoms. The van der Waals surface area contributed by atoms with Crippen molar-refractivity contribution in [3.63, 3.8) is 0 Å². The maximum atomic E-state index is 15.1. The first-order valence-corrected chi connectivity index (χ1v) is 11.3. The number of anilines is 1. The summed E-state index contributed by atoms with van der Waals surface area (Å²) in [6.45, 7) is 1.98. The molecule has 4 aromatic rings. The van der Waals surface area contributed by atoms with E-state index < -0.39 is 23.0 Å². The monoisotopic (exact) mass is 481 g/mol. The second-order valence-corrected chi connectivity index (χ2v) is 8.25. The largest absolute Gasteiger partial charge is 0.382 e. The Bertz CT molecular complexity index is 1390. The fraction of sp³-hybridized carbons (Fsp3) is 0.130. The number of hydrazone groups is 1. The molecule has 2 heterocycles. The van der Waals surface area contributed by atoms with Crippen LogP contribution in [-0.4, -0.2) is 32.6 Å². The van der Waals surface area contributed by atoms with Gasteiger partial charge in [-0.2, -0.15) is 10.2 Å². The first-order chi connectivity index (χ1) is 16.4. The second-order valence-electron chi connectivity index (χ2n) is 7.35. The fourth-order valence-electron chi connectivity index (χ4n) is 3.33. The molecule has 8 nitrogen and oxygen atoms in total. The zero-order valence-electron chi connectivity index (χ0n) is 18.1. The number of rotatable bonds is 8. The maximum absolute atomic E-state index is 15.1. The summed E-state index contributed by atoms with van der Waals surface area (Å²) in [7, 11) is 0. The van der Waals surface area contributed by atoms with Crippen LogP contribution in [0.3, 0.4) is 0 Å². The number of carbonyl (C=O) groups is 1. The molecule has 4 rings (SSSR count). The van der Waals surface area contributed by atoms with Crippen LogP contribution in [0.1, 0.15) is 35.0 Å². The number of carbonyl (C=O) groups excluding carboxylic acids is 1. The van der Waals surface area contributed by atoms with Crippen molar-refractivity contribution in [2.45, 2.75) is 13.3 Å². The van der Waals surface area contributed by atoms with Crippen molar-refractivity contribution in [2.75, 3.05) is 10.5 Å². The van der Waals surface area contributed by atoms with E-state index in [1.807, 2.05) is 6.92 Å². The highest BCUT2D eigenvalue weighted by molar-refractivity contribution is 8.00. The Kier molecular flexibility index (Phi) is 6.73. The van der Waals surface area contributed by atoms with Gasteiger partial charge in [-0.05, 0) is 30.2 Å². The van der Waals surface area contributed by atoms with Gasteiger partial charge < -0.3 is 16.3 Å². The summed E-state index contributed by atoms with van der Waals surface area (Å²) in [6, 6.07) is 11.1. The zero-order valence-corrected chi connectivity index (χ0v) is 18.9. The summed E-state index contributed by atoms with van der Waals surface area (Å²) >= 11 is 1.27. The highest BCUT2D eigenvalue weighted by Crippen LogP contribution is 2.29. The van der Waals surface area contributed by atoms with Gasteiger partial charge in [0, 0.05) is 23.1 Å². The molecule has 0 aliphatic heterocycles. The number of amidine groups is 1. The molecule has 0 spiro atoms. The van der Waals surface area contributed by atoms with Crippen LogP contribution in [0, 0.1) is 11.6 Å². The molecule has 0 saturated carbocycles. The van der Waals surface area contributed by atoms with Crippen LogP contribution in [0.2, 0.25) is 0 Å². The van der Waals surface area contributed by atoms with Crippen molar-refractivity contribution in [3.8, 4) is 11.1 Å². The third-order valence-electron chi connectivity index (χ3n) is 5.10. The van der Waals surface area contributed by atoms with Crippen LogP contribution in [0.25, 0.3) is 22.2 Å². The minimum Gasteiger partial charge on any atom is -0.382 e. The van der Waals surface area contributed by atoms with Gasteiger partial charge in [0.1, 0.15) is 17.3 Å². The number of halogens is 2. The molecule has 0 aliphatic carbocycles. The molecule has 2 aromatic heterocycles. The number of nitrogens with one attached hydrogen (secondary N) is 2. The SMILES string of the molecule is CCCSNc1ccc(F)c(C(=O)c2[nH]nc3ncc(-c4ccc(/C(N)=N/N)cc4)cc23)c1F. The molecule has 0 atom stereocenters. The van der Waals surface area contributed by atoms with Crippen molar-refractivity contribution >= 4 is 40.3 Å². The molecular weight excluding hydrogens is 460 g/mol. The van der Waals surface area contributed by atoms with Gasteiger partial charge in [0.2, 0.25) is 5.78 Å².